The van der Waals surface area contributed by atoms with E-state index in [4.69, 9.17) is 4.74 Å². The number of nitrogens with zero attached hydrogens (tertiary/aromatic N) is 5. The van der Waals surface area contributed by atoms with Gasteiger partial charge in [-0.3, -0.25) is 9.48 Å². The van der Waals surface area contributed by atoms with Gasteiger partial charge in [-0.25, -0.2) is 18.9 Å². The van der Waals surface area contributed by atoms with E-state index >= 15 is 0 Å². The summed E-state index contributed by atoms with van der Waals surface area (Å²) in [5, 5.41) is 10.7. The molecule has 0 saturated carbocycles. The third kappa shape index (κ3) is 3.72. The van der Waals surface area contributed by atoms with Gasteiger partial charge in [-0.05, 0) is 30.9 Å². The Morgan fingerprint density at radius 3 is 2.73 bits per heavy atom. The molecule has 1 N–H and O–H groups in total. The van der Waals surface area contributed by atoms with Gasteiger partial charge in [0.2, 0.25) is 5.88 Å². The molecule has 1 aromatic carbocycles. The van der Waals surface area contributed by atoms with E-state index in [2.05, 4.69) is 15.3 Å². The molecule has 0 aliphatic carbocycles. The predicted molar refractivity (Wildman–Crippen MR) is 106 cm³/mol. The minimum Gasteiger partial charge on any atom is -0.479 e. The van der Waals surface area contributed by atoms with Gasteiger partial charge in [-0.2, -0.15) is 5.10 Å². The molecule has 2 aromatic heterocycles. The van der Waals surface area contributed by atoms with Crippen LogP contribution in [0.4, 0.5) is 4.39 Å². The molecule has 0 spiro atoms. The van der Waals surface area contributed by atoms with Crippen LogP contribution in [0.1, 0.15) is 29.0 Å². The number of methoxy groups -OCH3 is 1. The second-order valence-corrected chi connectivity index (χ2v) is 7.40. The number of rotatable bonds is 5. The first-order valence-corrected chi connectivity index (χ1v) is 9.76. The number of hydrogen-bond acceptors (Lipinski definition) is 5. The summed E-state index contributed by atoms with van der Waals surface area (Å²) in [4.78, 5) is 26.8. The number of amides is 1. The number of likely N-dealkylation sites (tertiary alicyclic amines) is 1. The predicted octanol–water partition coefficient (Wildman–Crippen LogP) is 1.54. The van der Waals surface area contributed by atoms with Gasteiger partial charge >= 0.3 is 5.69 Å². The van der Waals surface area contributed by atoms with Crippen LogP contribution >= 0.6 is 0 Å². The third-order valence-electron chi connectivity index (χ3n) is 5.43. The Bertz CT molecular complexity index is 1110. The zero-order chi connectivity index (χ0) is 21.3. The number of H-pyrrole nitrogens is 1. The van der Waals surface area contributed by atoms with Gasteiger partial charge in [0.05, 0.1) is 12.8 Å². The van der Waals surface area contributed by atoms with Crippen molar-refractivity contribution in [1.82, 2.24) is 29.4 Å². The Labute approximate surface area is 172 Å². The molecule has 1 aliphatic rings. The van der Waals surface area contributed by atoms with E-state index in [1.165, 1.54) is 17.7 Å². The standard InChI is InChI=1S/C20H23FN6O3/c1-25-12-14(18(24-25)30-2)19(28)26-9-7-13(8-10-26)11-17-22-23-20(29)27(17)16-6-4-3-5-15(16)21/h3-6,12-13H,7-11H2,1-2H3,(H,23,29). The second-order valence-electron chi connectivity index (χ2n) is 7.40. The highest BCUT2D eigenvalue weighted by Gasteiger charge is 2.28. The van der Waals surface area contributed by atoms with Crippen molar-refractivity contribution in [2.24, 2.45) is 13.0 Å². The minimum absolute atomic E-state index is 0.110. The first-order chi connectivity index (χ1) is 14.5. The van der Waals surface area contributed by atoms with E-state index in [1.807, 2.05) is 0 Å². The quantitative estimate of drug-likeness (QED) is 0.683. The van der Waals surface area contributed by atoms with E-state index < -0.39 is 11.5 Å². The number of piperidine rings is 1. The molecule has 4 rings (SSSR count). The molecule has 0 bridgehead atoms. The zero-order valence-corrected chi connectivity index (χ0v) is 16.8. The van der Waals surface area contributed by atoms with E-state index in [-0.39, 0.29) is 17.5 Å². The Morgan fingerprint density at radius 2 is 2.03 bits per heavy atom. The number of halogens is 1. The SMILES string of the molecule is COc1nn(C)cc1C(=O)N1CCC(Cc2n[nH]c(=O)n2-c2ccccc2F)CC1. The first-order valence-electron chi connectivity index (χ1n) is 9.76. The van der Waals surface area contributed by atoms with Crippen molar-refractivity contribution in [3.63, 3.8) is 0 Å². The number of carbonyl (C=O) groups excluding carboxylic acids is 1. The third-order valence-corrected chi connectivity index (χ3v) is 5.43. The number of ether oxygens (including phenoxy) is 1. The Kier molecular flexibility index (Phi) is 5.39. The number of nitrogens with one attached hydrogen (secondary N) is 1. The molecule has 30 heavy (non-hydrogen) atoms. The van der Waals surface area contributed by atoms with Crippen LogP contribution in [0.15, 0.2) is 35.3 Å². The largest absolute Gasteiger partial charge is 0.479 e. The van der Waals surface area contributed by atoms with Gasteiger partial charge in [0, 0.05) is 32.8 Å². The van der Waals surface area contributed by atoms with Crippen LogP contribution in [0.2, 0.25) is 0 Å². The molecule has 1 aliphatic heterocycles. The highest BCUT2D eigenvalue weighted by molar-refractivity contribution is 5.96. The Morgan fingerprint density at radius 1 is 1.30 bits per heavy atom. The van der Waals surface area contributed by atoms with Crippen molar-refractivity contribution >= 4 is 5.91 Å². The minimum atomic E-state index is -0.479. The smallest absolute Gasteiger partial charge is 0.348 e. The number of benzene rings is 1. The second kappa shape index (κ2) is 8.13. The van der Waals surface area contributed by atoms with E-state index in [9.17, 15) is 14.0 Å². The fourth-order valence-electron chi connectivity index (χ4n) is 3.88. The lowest BCUT2D eigenvalue weighted by atomic mass is 9.93. The fraction of sp³-hybridized carbons (Fsp3) is 0.400. The molecule has 9 nitrogen and oxygen atoms in total. The van der Waals surface area contributed by atoms with Crippen LogP contribution in [-0.2, 0) is 13.5 Å². The van der Waals surface area contributed by atoms with Crippen molar-refractivity contribution in [2.45, 2.75) is 19.3 Å². The maximum atomic E-state index is 14.2. The molecule has 3 heterocycles. The van der Waals surface area contributed by atoms with Crippen LogP contribution in [0, 0.1) is 11.7 Å². The number of hydrogen-bond donors (Lipinski definition) is 1. The summed E-state index contributed by atoms with van der Waals surface area (Å²) in [6.45, 7) is 1.16. The van der Waals surface area contributed by atoms with Gasteiger partial charge < -0.3 is 9.64 Å². The molecule has 10 heteroatoms. The highest BCUT2D eigenvalue weighted by atomic mass is 19.1. The van der Waals surface area contributed by atoms with Gasteiger partial charge in [0.25, 0.3) is 5.91 Å². The molecule has 0 radical (unpaired) electrons. The van der Waals surface area contributed by atoms with Gasteiger partial charge in [0.15, 0.2) is 0 Å². The normalized spacial score (nSPS) is 14.8. The Balaban J connectivity index is 1.44. The van der Waals surface area contributed by atoms with E-state index in [0.29, 0.717) is 36.8 Å². The monoisotopic (exact) mass is 414 g/mol. The number of aryl methyl sites for hydroxylation is 1. The van der Waals surface area contributed by atoms with E-state index in [1.54, 1.807) is 41.0 Å². The van der Waals surface area contributed by atoms with Crippen molar-refractivity contribution in [2.75, 3.05) is 20.2 Å². The highest BCUT2D eigenvalue weighted by Crippen LogP contribution is 2.25. The van der Waals surface area contributed by atoms with Crippen LogP contribution < -0.4 is 10.4 Å². The molecular formula is C20H23FN6O3. The zero-order valence-electron chi connectivity index (χ0n) is 16.8. The summed E-state index contributed by atoms with van der Waals surface area (Å²) >= 11 is 0. The summed E-state index contributed by atoms with van der Waals surface area (Å²) in [6.07, 6.45) is 3.69. The summed E-state index contributed by atoms with van der Waals surface area (Å²) < 4.78 is 22.2. The van der Waals surface area contributed by atoms with Crippen LogP contribution in [0.25, 0.3) is 5.69 Å². The number of aromatic nitrogens is 5. The lowest BCUT2D eigenvalue weighted by Crippen LogP contribution is -2.39. The molecule has 0 atom stereocenters. The molecule has 1 saturated heterocycles. The molecule has 0 unspecified atom stereocenters. The van der Waals surface area contributed by atoms with Crippen molar-refractivity contribution < 1.29 is 13.9 Å². The lowest BCUT2D eigenvalue weighted by Gasteiger charge is -2.31. The average molecular weight is 414 g/mol. The van der Waals surface area contributed by atoms with Gasteiger partial charge in [-0.15, -0.1) is 5.10 Å². The van der Waals surface area contributed by atoms with Crippen molar-refractivity contribution in [3.8, 4) is 11.6 Å². The fourth-order valence-corrected chi connectivity index (χ4v) is 3.88. The van der Waals surface area contributed by atoms with Gasteiger partial charge in [-0.1, -0.05) is 12.1 Å². The molecule has 3 aromatic rings. The summed E-state index contributed by atoms with van der Waals surface area (Å²) in [6, 6.07) is 6.12. The van der Waals surface area contributed by atoms with Crippen LogP contribution in [0.3, 0.4) is 0 Å². The topological polar surface area (TPSA) is 98.0 Å². The van der Waals surface area contributed by atoms with E-state index in [0.717, 1.165) is 12.8 Å². The molecule has 1 amide bonds. The molecular weight excluding hydrogens is 391 g/mol. The average Bonchev–Trinajstić information content (AvgIpc) is 3.30. The van der Waals surface area contributed by atoms with Crippen LogP contribution in [0.5, 0.6) is 5.88 Å². The number of para-hydroxylation sites is 1. The summed E-state index contributed by atoms with van der Waals surface area (Å²) in [5.74, 6) is 0.443. The molecule has 158 valence electrons. The lowest BCUT2D eigenvalue weighted by molar-refractivity contribution is 0.0686. The van der Waals surface area contributed by atoms with Crippen molar-refractivity contribution in [3.05, 3.63) is 58.2 Å². The maximum Gasteiger partial charge on any atom is 0.348 e. The molecule has 1 fully saturated rings. The van der Waals surface area contributed by atoms with Crippen molar-refractivity contribution in [1.29, 1.82) is 0 Å². The Hall–Kier alpha value is -3.43. The first kappa shape index (κ1) is 19.9. The summed E-state index contributed by atoms with van der Waals surface area (Å²) in [5.41, 5.74) is 0.160. The summed E-state index contributed by atoms with van der Waals surface area (Å²) in [7, 11) is 3.23. The van der Waals surface area contributed by atoms with Gasteiger partial charge in [0.1, 0.15) is 17.2 Å². The maximum absolute atomic E-state index is 14.2. The number of aromatic amines is 1. The van der Waals surface area contributed by atoms with Crippen LogP contribution in [-0.4, -0.2) is 55.6 Å². The number of carbonyl (C=O) groups is 1.